The van der Waals surface area contributed by atoms with Gasteiger partial charge in [0.05, 0.1) is 10.6 Å². The molecule has 0 saturated heterocycles. The van der Waals surface area contributed by atoms with Gasteiger partial charge in [0.2, 0.25) is 15.9 Å². The van der Waals surface area contributed by atoms with Gasteiger partial charge in [-0.3, -0.25) is 14.5 Å². The fourth-order valence-corrected chi connectivity index (χ4v) is 6.61. The Hall–Kier alpha value is -2.76. The number of fused-ring (bicyclic) bond motifs is 1. The zero-order chi connectivity index (χ0) is 25.1. The molecule has 9 nitrogen and oxygen atoms in total. The van der Waals surface area contributed by atoms with Crippen molar-refractivity contribution in [2.75, 3.05) is 17.6 Å². The van der Waals surface area contributed by atoms with Crippen LogP contribution in [-0.2, 0) is 37.8 Å². The number of rotatable bonds is 6. The lowest BCUT2D eigenvalue weighted by Gasteiger charge is -2.34. The number of nitrogens with zero attached hydrogens (tertiary/aromatic N) is 2. The molecule has 2 aromatic rings. The van der Waals surface area contributed by atoms with Crippen molar-refractivity contribution < 1.29 is 21.6 Å². The first kappa shape index (κ1) is 25.3. The van der Waals surface area contributed by atoms with E-state index in [4.69, 9.17) is 0 Å². The standard InChI is InChI=1S/C24H30N4O5S2/c1-2-34(30,31)28-17-19-9-6-5-8-18(19)16-22(28)24(29)26-20-11-13-21(14-12-20)35(32,33)27-23-10-4-3-7-15-25-23/h5-6,8-9,11-14,22H,2-4,7,10,15-17H2,1H3,(H,25,27)(H,26,29)/t22-/m0/s1. The Labute approximate surface area is 206 Å². The maximum atomic E-state index is 13.2. The van der Waals surface area contributed by atoms with Gasteiger partial charge in [0, 0.05) is 25.2 Å². The largest absolute Gasteiger partial charge is 0.325 e. The molecule has 188 valence electrons. The Morgan fingerprint density at radius 2 is 1.71 bits per heavy atom. The molecule has 2 aliphatic heterocycles. The summed E-state index contributed by atoms with van der Waals surface area (Å²) in [6.45, 7) is 2.30. The fourth-order valence-electron chi connectivity index (χ4n) is 4.30. The molecule has 0 aliphatic carbocycles. The number of aliphatic imine (C=N–C) groups is 1. The van der Waals surface area contributed by atoms with Crippen molar-refractivity contribution in [2.24, 2.45) is 4.99 Å². The second-order valence-corrected chi connectivity index (χ2v) is 12.6. The highest BCUT2D eigenvalue weighted by Gasteiger charge is 2.38. The second-order valence-electron chi connectivity index (χ2n) is 8.69. The molecule has 0 bridgehead atoms. The Morgan fingerprint density at radius 1 is 1.00 bits per heavy atom. The minimum atomic E-state index is -3.79. The van der Waals surface area contributed by atoms with Crippen molar-refractivity contribution in [1.29, 1.82) is 0 Å². The molecule has 0 saturated carbocycles. The number of hydrogen-bond acceptors (Lipinski definition) is 6. The molecule has 1 amide bonds. The molecule has 2 heterocycles. The highest BCUT2D eigenvalue weighted by molar-refractivity contribution is 7.90. The van der Waals surface area contributed by atoms with Crippen LogP contribution in [0.4, 0.5) is 5.69 Å². The lowest BCUT2D eigenvalue weighted by Crippen LogP contribution is -2.51. The molecule has 1 atom stereocenters. The van der Waals surface area contributed by atoms with Crippen LogP contribution in [0.1, 0.15) is 43.7 Å². The number of sulfonamides is 2. The molecule has 4 rings (SSSR count). The van der Waals surface area contributed by atoms with Crippen molar-refractivity contribution in [3.05, 3.63) is 59.7 Å². The highest BCUT2D eigenvalue weighted by atomic mass is 32.2. The van der Waals surface area contributed by atoms with Gasteiger partial charge < -0.3 is 5.32 Å². The summed E-state index contributed by atoms with van der Waals surface area (Å²) >= 11 is 0. The minimum Gasteiger partial charge on any atom is -0.325 e. The summed E-state index contributed by atoms with van der Waals surface area (Å²) < 4.78 is 54.8. The highest BCUT2D eigenvalue weighted by Crippen LogP contribution is 2.27. The first-order chi connectivity index (χ1) is 16.7. The van der Waals surface area contributed by atoms with Gasteiger partial charge in [0.25, 0.3) is 10.0 Å². The predicted molar refractivity (Wildman–Crippen MR) is 135 cm³/mol. The normalized spacial score (nSPS) is 19.2. The van der Waals surface area contributed by atoms with Crippen LogP contribution in [0.25, 0.3) is 0 Å². The Kier molecular flexibility index (Phi) is 7.58. The zero-order valence-electron chi connectivity index (χ0n) is 19.6. The van der Waals surface area contributed by atoms with Gasteiger partial charge in [-0.1, -0.05) is 30.7 Å². The first-order valence-corrected chi connectivity index (χ1v) is 14.8. The number of hydrogen-bond donors (Lipinski definition) is 2. The average molecular weight is 519 g/mol. The van der Waals surface area contributed by atoms with Crippen molar-refractivity contribution in [3.8, 4) is 0 Å². The number of amidine groups is 1. The third kappa shape index (κ3) is 5.91. The molecule has 0 spiro atoms. The number of nitrogens with one attached hydrogen (secondary N) is 2. The molecule has 0 unspecified atom stereocenters. The first-order valence-electron chi connectivity index (χ1n) is 11.7. The molecule has 0 aromatic heterocycles. The van der Waals surface area contributed by atoms with E-state index in [0.29, 0.717) is 24.5 Å². The van der Waals surface area contributed by atoms with Crippen LogP contribution in [0.5, 0.6) is 0 Å². The SMILES string of the molecule is CCS(=O)(=O)N1Cc2ccccc2C[C@H]1C(=O)Nc1ccc(S(=O)(=O)NC2=NCCCCC2)cc1. The number of benzene rings is 2. The Balaban J connectivity index is 1.49. The van der Waals surface area contributed by atoms with Crippen molar-refractivity contribution >= 4 is 37.5 Å². The van der Waals surface area contributed by atoms with Crippen LogP contribution in [0.3, 0.4) is 0 Å². The van der Waals surface area contributed by atoms with E-state index in [1.807, 2.05) is 24.3 Å². The van der Waals surface area contributed by atoms with Crippen LogP contribution in [0, 0.1) is 0 Å². The summed E-state index contributed by atoms with van der Waals surface area (Å²) in [4.78, 5) is 17.5. The van der Waals surface area contributed by atoms with Crippen LogP contribution in [0.15, 0.2) is 58.4 Å². The van der Waals surface area contributed by atoms with E-state index in [0.717, 1.165) is 30.4 Å². The van der Waals surface area contributed by atoms with Crippen LogP contribution < -0.4 is 10.0 Å². The van der Waals surface area contributed by atoms with E-state index in [-0.39, 0.29) is 23.6 Å². The smallest absolute Gasteiger partial charge is 0.262 e. The quantitative estimate of drug-likeness (QED) is 0.608. The number of carbonyl (C=O) groups is 1. The number of carbonyl (C=O) groups excluding carboxylic acids is 1. The summed E-state index contributed by atoms with van der Waals surface area (Å²) in [6, 6.07) is 12.4. The van der Waals surface area contributed by atoms with E-state index < -0.39 is 32.0 Å². The monoisotopic (exact) mass is 518 g/mol. The van der Waals surface area contributed by atoms with Gasteiger partial charge in [0.1, 0.15) is 11.9 Å². The van der Waals surface area contributed by atoms with Gasteiger partial charge in [-0.15, -0.1) is 0 Å². The third-order valence-electron chi connectivity index (χ3n) is 6.29. The summed E-state index contributed by atoms with van der Waals surface area (Å²) in [5, 5.41) is 2.75. The van der Waals surface area contributed by atoms with Gasteiger partial charge >= 0.3 is 0 Å². The summed E-state index contributed by atoms with van der Waals surface area (Å²) in [5.41, 5.74) is 2.20. The minimum absolute atomic E-state index is 0.0595. The molecule has 2 aliphatic rings. The summed E-state index contributed by atoms with van der Waals surface area (Å²) in [7, 11) is -7.41. The predicted octanol–water partition coefficient (Wildman–Crippen LogP) is 2.65. The molecule has 35 heavy (non-hydrogen) atoms. The van der Waals surface area contributed by atoms with Crippen LogP contribution in [0.2, 0.25) is 0 Å². The lowest BCUT2D eigenvalue weighted by molar-refractivity contribution is -0.120. The van der Waals surface area contributed by atoms with Crippen molar-refractivity contribution in [3.63, 3.8) is 0 Å². The zero-order valence-corrected chi connectivity index (χ0v) is 21.2. The van der Waals surface area contributed by atoms with Gasteiger partial charge in [-0.05, 0) is 61.6 Å². The second kappa shape index (κ2) is 10.5. The topological polar surface area (TPSA) is 125 Å². The molecule has 0 fully saturated rings. The molecule has 0 radical (unpaired) electrons. The Bertz CT molecular complexity index is 1320. The summed E-state index contributed by atoms with van der Waals surface area (Å²) in [6.07, 6.45) is 3.72. The number of amides is 1. The van der Waals surface area contributed by atoms with E-state index in [1.165, 1.54) is 28.6 Å². The van der Waals surface area contributed by atoms with E-state index in [2.05, 4.69) is 15.0 Å². The van der Waals surface area contributed by atoms with Crippen LogP contribution in [-0.4, -0.2) is 51.2 Å². The molecule has 2 N–H and O–H groups in total. The molecule has 2 aromatic carbocycles. The third-order valence-corrected chi connectivity index (χ3v) is 9.51. The average Bonchev–Trinajstić information content (AvgIpc) is 3.11. The fraction of sp³-hybridized carbons (Fsp3) is 0.417. The maximum Gasteiger partial charge on any atom is 0.262 e. The van der Waals surface area contributed by atoms with E-state index in [9.17, 15) is 21.6 Å². The summed E-state index contributed by atoms with van der Waals surface area (Å²) in [5.74, 6) is -0.100. The molecular weight excluding hydrogens is 488 g/mol. The van der Waals surface area contributed by atoms with E-state index in [1.54, 1.807) is 6.92 Å². The van der Waals surface area contributed by atoms with Gasteiger partial charge in [-0.2, -0.15) is 4.31 Å². The van der Waals surface area contributed by atoms with Crippen molar-refractivity contribution in [1.82, 2.24) is 9.03 Å². The van der Waals surface area contributed by atoms with Crippen molar-refractivity contribution in [2.45, 2.75) is 56.5 Å². The van der Waals surface area contributed by atoms with E-state index >= 15 is 0 Å². The maximum absolute atomic E-state index is 13.2. The Morgan fingerprint density at radius 3 is 2.43 bits per heavy atom. The van der Waals surface area contributed by atoms with Crippen LogP contribution >= 0.6 is 0 Å². The number of anilines is 1. The van der Waals surface area contributed by atoms with Gasteiger partial charge in [-0.25, -0.2) is 16.8 Å². The molecular formula is C24H30N4O5S2. The lowest BCUT2D eigenvalue weighted by atomic mass is 9.95. The molecule has 11 heteroatoms. The van der Waals surface area contributed by atoms with Gasteiger partial charge in [0.15, 0.2) is 0 Å².